The molecule has 6 nitrogen and oxygen atoms in total. The zero-order valence-corrected chi connectivity index (χ0v) is 16.1. The molecule has 2 aliphatic rings. The lowest BCUT2D eigenvalue weighted by atomic mass is 9.98. The fraction of sp³-hybridized carbons (Fsp3) is 0.500. The molecule has 0 bridgehead atoms. The quantitative estimate of drug-likeness (QED) is 0.799. The van der Waals surface area contributed by atoms with Gasteiger partial charge in [-0.15, -0.1) is 0 Å². The van der Waals surface area contributed by atoms with Gasteiger partial charge in [-0.25, -0.2) is 8.78 Å². The second-order valence-electron chi connectivity index (χ2n) is 7.10. The number of sulfonamides is 1. The van der Waals surface area contributed by atoms with E-state index in [1.54, 1.807) is 12.1 Å². The number of benzene rings is 1. The lowest BCUT2D eigenvalue weighted by molar-refractivity contribution is 0.146. The highest BCUT2D eigenvalue weighted by Gasteiger charge is 2.41. The molecule has 146 valence electrons. The molecule has 0 amide bonds. The van der Waals surface area contributed by atoms with Crippen molar-refractivity contribution >= 4 is 21.4 Å². The summed E-state index contributed by atoms with van der Waals surface area (Å²) in [6, 6.07) is 7.33. The van der Waals surface area contributed by atoms with E-state index < -0.39 is 27.0 Å². The predicted molar refractivity (Wildman–Crippen MR) is 98.9 cm³/mol. The first kappa shape index (κ1) is 18.2. The van der Waals surface area contributed by atoms with Gasteiger partial charge in [-0.3, -0.25) is 8.99 Å². The molecule has 1 unspecified atom stereocenters. The standard InChI is InChI=1S/C18H22F2N4O2S/c1-12-16(17(19)20)18(22(2)21-12)27(25,26)24-11-13-7-5-6-10-23(13)14-8-3-4-9-15(14)24/h3-4,8-9,13,17H,5-7,10-11H2,1-2H3. The van der Waals surface area contributed by atoms with Gasteiger partial charge in [0.2, 0.25) is 0 Å². The molecule has 4 rings (SSSR count). The second-order valence-corrected chi connectivity index (χ2v) is 8.87. The third-order valence-electron chi connectivity index (χ3n) is 5.43. The first-order chi connectivity index (χ1) is 12.8. The fourth-order valence-electron chi connectivity index (χ4n) is 4.26. The Balaban J connectivity index is 1.88. The number of hydrogen-bond donors (Lipinski definition) is 0. The number of fused-ring (bicyclic) bond motifs is 3. The van der Waals surface area contributed by atoms with Crippen LogP contribution in [0.4, 0.5) is 20.2 Å². The van der Waals surface area contributed by atoms with E-state index in [4.69, 9.17) is 0 Å². The number of aryl methyl sites for hydroxylation is 2. The highest BCUT2D eigenvalue weighted by molar-refractivity contribution is 7.92. The van der Waals surface area contributed by atoms with E-state index in [1.807, 2.05) is 12.1 Å². The Morgan fingerprint density at radius 2 is 1.89 bits per heavy atom. The van der Waals surface area contributed by atoms with E-state index in [0.717, 1.165) is 36.2 Å². The molecule has 9 heteroatoms. The minimum atomic E-state index is -4.18. The maximum atomic E-state index is 13.6. The van der Waals surface area contributed by atoms with Gasteiger partial charge < -0.3 is 4.90 Å². The monoisotopic (exact) mass is 396 g/mol. The Kier molecular flexibility index (Phi) is 4.37. The van der Waals surface area contributed by atoms with E-state index in [-0.39, 0.29) is 18.3 Å². The number of para-hydroxylation sites is 2. The lowest BCUT2D eigenvalue weighted by Crippen LogP contribution is -2.53. The average molecular weight is 396 g/mol. The van der Waals surface area contributed by atoms with Gasteiger partial charge in [0.05, 0.1) is 29.2 Å². The maximum Gasteiger partial charge on any atom is 0.282 e. The molecule has 0 aliphatic carbocycles. The summed E-state index contributed by atoms with van der Waals surface area (Å²) in [6.45, 7) is 2.54. The van der Waals surface area contributed by atoms with Gasteiger partial charge in [0, 0.05) is 19.6 Å². The van der Waals surface area contributed by atoms with E-state index in [9.17, 15) is 17.2 Å². The van der Waals surface area contributed by atoms with Crippen molar-refractivity contribution in [2.24, 2.45) is 7.05 Å². The van der Waals surface area contributed by atoms with E-state index >= 15 is 0 Å². The molecule has 1 aromatic heterocycles. The molecule has 0 N–H and O–H groups in total. The summed E-state index contributed by atoms with van der Waals surface area (Å²) in [7, 11) is -2.79. The Labute approximate surface area is 157 Å². The zero-order chi connectivity index (χ0) is 19.3. The molecule has 1 fully saturated rings. The van der Waals surface area contributed by atoms with Crippen LogP contribution in [0.15, 0.2) is 29.3 Å². The van der Waals surface area contributed by atoms with Crippen LogP contribution in [-0.4, -0.2) is 37.3 Å². The van der Waals surface area contributed by atoms with Crippen LogP contribution >= 0.6 is 0 Å². The van der Waals surface area contributed by atoms with Crippen LogP contribution in [0.3, 0.4) is 0 Å². The van der Waals surface area contributed by atoms with Crippen LogP contribution < -0.4 is 9.21 Å². The Bertz CT molecular complexity index is 974. The smallest absolute Gasteiger partial charge is 0.282 e. The number of rotatable bonds is 3. The van der Waals surface area contributed by atoms with Crippen LogP contribution in [0.25, 0.3) is 0 Å². The van der Waals surface area contributed by atoms with Gasteiger partial charge in [0.15, 0.2) is 5.03 Å². The van der Waals surface area contributed by atoms with E-state index in [2.05, 4.69) is 10.00 Å². The third kappa shape index (κ3) is 2.79. The van der Waals surface area contributed by atoms with Crippen LogP contribution in [-0.2, 0) is 17.1 Å². The van der Waals surface area contributed by atoms with Crippen LogP contribution in [0.2, 0.25) is 0 Å². The maximum absolute atomic E-state index is 13.6. The highest BCUT2D eigenvalue weighted by Crippen LogP contribution is 2.42. The molecule has 2 aromatic rings. The summed E-state index contributed by atoms with van der Waals surface area (Å²) in [5.74, 6) is 0. The predicted octanol–water partition coefficient (Wildman–Crippen LogP) is 3.23. The van der Waals surface area contributed by atoms with Crippen molar-refractivity contribution in [3.63, 3.8) is 0 Å². The minimum Gasteiger partial charge on any atom is -0.365 e. The number of nitrogens with zero attached hydrogens (tertiary/aromatic N) is 4. The number of anilines is 2. The molecule has 3 heterocycles. The summed E-state index contributed by atoms with van der Waals surface area (Å²) < 4.78 is 56.6. The van der Waals surface area contributed by atoms with Gasteiger partial charge in [-0.1, -0.05) is 12.1 Å². The first-order valence-electron chi connectivity index (χ1n) is 9.02. The highest BCUT2D eigenvalue weighted by atomic mass is 32.2. The normalized spacial score (nSPS) is 20.0. The Morgan fingerprint density at radius 1 is 1.19 bits per heavy atom. The van der Waals surface area contributed by atoms with Crippen molar-refractivity contribution in [2.45, 2.75) is 43.7 Å². The fourth-order valence-corrected chi connectivity index (χ4v) is 6.14. The third-order valence-corrected chi connectivity index (χ3v) is 7.33. The van der Waals surface area contributed by atoms with Crippen molar-refractivity contribution in [3.05, 3.63) is 35.5 Å². The van der Waals surface area contributed by atoms with Crippen molar-refractivity contribution in [1.29, 1.82) is 0 Å². The number of piperidine rings is 1. The topological polar surface area (TPSA) is 58.4 Å². The summed E-state index contributed by atoms with van der Waals surface area (Å²) in [4.78, 5) is 2.24. The van der Waals surface area contributed by atoms with E-state index in [1.165, 1.54) is 18.3 Å². The van der Waals surface area contributed by atoms with Gasteiger partial charge in [-0.2, -0.15) is 13.5 Å². The molecule has 27 heavy (non-hydrogen) atoms. The van der Waals surface area contributed by atoms with E-state index in [0.29, 0.717) is 5.69 Å². The summed E-state index contributed by atoms with van der Waals surface area (Å²) in [5.41, 5.74) is 0.904. The van der Waals surface area contributed by atoms with Crippen molar-refractivity contribution in [2.75, 3.05) is 22.3 Å². The molecule has 1 saturated heterocycles. The van der Waals surface area contributed by atoms with Crippen molar-refractivity contribution in [1.82, 2.24) is 9.78 Å². The van der Waals surface area contributed by atoms with Crippen molar-refractivity contribution < 1.29 is 17.2 Å². The summed E-state index contributed by atoms with van der Waals surface area (Å²) in [6.07, 6.45) is 0.0693. The molecular formula is C18H22F2N4O2S. The molecule has 0 saturated carbocycles. The summed E-state index contributed by atoms with van der Waals surface area (Å²) in [5, 5.41) is 3.53. The lowest BCUT2D eigenvalue weighted by Gasteiger charge is -2.46. The van der Waals surface area contributed by atoms with Gasteiger partial charge in [0.25, 0.3) is 16.4 Å². The first-order valence-corrected chi connectivity index (χ1v) is 10.5. The SMILES string of the molecule is Cc1nn(C)c(S(=O)(=O)N2CC3CCCCN3c3ccccc32)c1C(F)F. The molecule has 2 aliphatic heterocycles. The van der Waals surface area contributed by atoms with Gasteiger partial charge >= 0.3 is 0 Å². The number of aromatic nitrogens is 2. The zero-order valence-electron chi connectivity index (χ0n) is 15.3. The minimum absolute atomic E-state index is 0.0377. The molecule has 1 aromatic carbocycles. The molecule has 0 spiro atoms. The molecule has 0 radical (unpaired) electrons. The van der Waals surface area contributed by atoms with Crippen molar-refractivity contribution in [3.8, 4) is 0 Å². The largest absolute Gasteiger partial charge is 0.365 e. The Morgan fingerprint density at radius 3 is 2.59 bits per heavy atom. The van der Waals surface area contributed by atoms with Gasteiger partial charge in [-0.05, 0) is 38.3 Å². The number of halogens is 2. The van der Waals surface area contributed by atoms with Crippen LogP contribution in [0.5, 0.6) is 0 Å². The van der Waals surface area contributed by atoms with Gasteiger partial charge in [0.1, 0.15) is 0 Å². The second kappa shape index (κ2) is 6.47. The summed E-state index contributed by atoms with van der Waals surface area (Å²) >= 11 is 0. The van der Waals surface area contributed by atoms with Crippen LogP contribution in [0.1, 0.15) is 36.9 Å². The molecular weight excluding hydrogens is 374 g/mol. The molecule has 1 atom stereocenters. The van der Waals surface area contributed by atoms with Crippen LogP contribution in [0, 0.1) is 6.92 Å². The number of hydrogen-bond acceptors (Lipinski definition) is 4. The number of alkyl halides is 2. The average Bonchev–Trinajstić information content (AvgIpc) is 2.96. The Hall–Kier alpha value is -2.16.